The largest absolute Gasteiger partial charge is 0.342 e. The number of amides is 1. The SMILES string of the molecule is CCCn1cc(Cl)cc1C(=O)N1CC[C@H](N)C1. The zero-order valence-electron chi connectivity index (χ0n) is 10.0. The fourth-order valence-electron chi connectivity index (χ4n) is 2.21. The normalized spacial score (nSPS) is 19.9. The summed E-state index contributed by atoms with van der Waals surface area (Å²) in [4.78, 5) is 14.1. The van der Waals surface area contributed by atoms with Gasteiger partial charge >= 0.3 is 0 Å². The summed E-state index contributed by atoms with van der Waals surface area (Å²) in [6.45, 7) is 4.28. The molecule has 0 unspecified atom stereocenters. The Labute approximate surface area is 106 Å². The Morgan fingerprint density at radius 3 is 3.00 bits per heavy atom. The van der Waals surface area contributed by atoms with Crippen molar-refractivity contribution in [1.82, 2.24) is 9.47 Å². The Kier molecular flexibility index (Phi) is 3.74. The molecule has 1 atom stereocenters. The number of hydrogen-bond acceptors (Lipinski definition) is 2. The lowest BCUT2D eigenvalue weighted by molar-refractivity contribution is 0.0780. The standard InChI is InChI=1S/C12H18ClN3O/c1-2-4-15-7-9(13)6-11(15)12(17)16-5-3-10(14)8-16/h6-7,10H,2-5,8,14H2,1H3/t10-/m0/s1. The fraction of sp³-hybridized carbons (Fsp3) is 0.583. The molecule has 2 heterocycles. The van der Waals surface area contributed by atoms with Gasteiger partial charge in [-0.2, -0.15) is 0 Å². The van der Waals surface area contributed by atoms with E-state index >= 15 is 0 Å². The van der Waals surface area contributed by atoms with Crippen LogP contribution in [0.15, 0.2) is 12.3 Å². The Balaban J connectivity index is 2.18. The molecular formula is C12H18ClN3O. The Hall–Kier alpha value is -1.00. The zero-order chi connectivity index (χ0) is 12.4. The molecule has 5 heteroatoms. The van der Waals surface area contributed by atoms with Gasteiger partial charge in [0.15, 0.2) is 0 Å². The average Bonchev–Trinajstić information content (AvgIpc) is 2.85. The first-order valence-electron chi connectivity index (χ1n) is 6.02. The molecule has 2 N–H and O–H groups in total. The van der Waals surface area contributed by atoms with Gasteiger partial charge in [-0.1, -0.05) is 18.5 Å². The highest BCUT2D eigenvalue weighted by Gasteiger charge is 2.26. The van der Waals surface area contributed by atoms with Crippen molar-refractivity contribution < 1.29 is 4.79 Å². The van der Waals surface area contributed by atoms with Gasteiger partial charge in [-0.25, -0.2) is 0 Å². The maximum Gasteiger partial charge on any atom is 0.270 e. The van der Waals surface area contributed by atoms with E-state index in [0.717, 1.165) is 25.9 Å². The highest BCUT2D eigenvalue weighted by Crippen LogP contribution is 2.18. The van der Waals surface area contributed by atoms with Crippen molar-refractivity contribution in [1.29, 1.82) is 0 Å². The molecule has 17 heavy (non-hydrogen) atoms. The number of aromatic nitrogens is 1. The number of likely N-dealkylation sites (tertiary alicyclic amines) is 1. The van der Waals surface area contributed by atoms with Gasteiger partial charge < -0.3 is 15.2 Å². The van der Waals surface area contributed by atoms with E-state index < -0.39 is 0 Å². The fourth-order valence-corrected chi connectivity index (χ4v) is 2.43. The van der Waals surface area contributed by atoms with E-state index in [-0.39, 0.29) is 11.9 Å². The van der Waals surface area contributed by atoms with Gasteiger partial charge in [0.05, 0.1) is 5.02 Å². The van der Waals surface area contributed by atoms with E-state index in [2.05, 4.69) is 6.92 Å². The number of carbonyl (C=O) groups is 1. The summed E-state index contributed by atoms with van der Waals surface area (Å²) >= 11 is 5.96. The van der Waals surface area contributed by atoms with Crippen LogP contribution in [-0.2, 0) is 6.54 Å². The van der Waals surface area contributed by atoms with Gasteiger partial charge in [0.2, 0.25) is 0 Å². The molecule has 0 saturated carbocycles. The van der Waals surface area contributed by atoms with Crippen LogP contribution in [0.3, 0.4) is 0 Å². The second-order valence-electron chi connectivity index (χ2n) is 4.54. The Morgan fingerprint density at radius 1 is 1.65 bits per heavy atom. The lowest BCUT2D eigenvalue weighted by atomic mass is 10.3. The summed E-state index contributed by atoms with van der Waals surface area (Å²) in [5.41, 5.74) is 6.49. The zero-order valence-corrected chi connectivity index (χ0v) is 10.8. The van der Waals surface area contributed by atoms with Crippen LogP contribution in [0.2, 0.25) is 5.02 Å². The maximum atomic E-state index is 12.3. The summed E-state index contributed by atoms with van der Waals surface area (Å²) in [7, 11) is 0. The molecule has 2 rings (SSSR count). The molecule has 0 aromatic carbocycles. The molecule has 1 saturated heterocycles. The van der Waals surface area contributed by atoms with Gasteiger partial charge in [0.1, 0.15) is 5.69 Å². The van der Waals surface area contributed by atoms with Gasteiger partial charge in [-0.05, 0) is 18.9 Å². The first kappa shape index (κ1) is 12.5. The van der Waals surface area contributed by atoms with Gasteiger partial charge in [-0.15, -0.1) is 0 Å². The third-order valence-electron chi connectivity index (χ3n) is 3.06. The van der Waals surface area contributed by atoms with Crippen LogP contribution < -0.4 is 5.73 Å². The smallest absolute Gasteiger partial charge is 0.270 e. The Bertz CT molecular complexity index is 416. The minimum absolute atomic E-state index is 0.0401. The Morgan fingerprint density at radius 2 is 2.41 bits per heavy atom. The van der Waals surface area contributed by atoms with Crippen molar-refractivity contribution in [3.8, 4) is 0 Å². The van der Waals surface area contributed by atoms with Gasteiger partial charge in [0.25, 0.3) is 5.91 Å². The molecule has 4 nitrogen and oxygen atoms in total. The first-order chi connectivity index (χ1) is 8.11. The molecule has 0 aliphatic carbocycles. The molecule has 1 aliphatic rings. The number of carbonyl (C=O) groups excluding carboxylic acids is 1. The number of hydrogen-bond donors (Lipinski definition) is 1. The molecule has 94 valence electrons. The summed E-state index contributed by atoms with van der Waals surface area (Å²) in [6, 6.07) is 1.85. The lowest BCUT2D eigenvalue weighted by Crippen LogP contribution is -2.33. The molecule has 1 fully saturated rings. The van der Waals surface area contributed by atoms with Crippen LogP contribution in [0, 0.1) is 0 Å². The lowest BCUT2D eigenvalue weighted by Gasteiger charge is -2.17. The highest BCUT2D eigenvalue weighted by atomic mass is 35.5. The second-order valence-corrected chi connectivity index (χ2v) is 4.97. The molecule has 1 aromatic rings. The summed E-state index contributed by atoms with van der Waals surface area (Å²) in [6.07, 6.45) is 3.67. The van der Waals surface area contributed by atoms with Crippen LogP contribution in [0.4, 0.5) is 0 Å². The number of halogens is 1. The highest BCUT2D eigenvalue weighted by molar-refractivity contribution is 6.31. The van der Waals surface area contributed by atoms with E-state index in [4.69, 9.17) is 17.3 Å². The molecular weight excluding hydrogens is 238 g/mol. The van der Waals surface area contributed by atoms with E-state index in [1.807, 2.05) is 15.7 Å². The van der Waals surface area contributed by atoms with E-state index in [1.54, 1.807) is 6.07 Å². The first-order valence-corrected chi connectivity index (χ1v) is 6.40. The van der Waals surface area contributed by atoms with Crippen molar-refractivity contribution in [2.24, 2.45) is 5.73 Å². The molecule has 0 spiro atoms. The van der Waals surface area contributed by atoms with Crippen LogP contribution in [0.1, 0.15) is 30.3 Å². The maximum absolute atomic E-state index is 12.3. The minimum Gasteiger partial charge on any atom is -0.342 e. The predicted molar refractivity (Wildman–Crippen MR) is 68.2 cm³/mol. The van der Waals surface area contributed by atoms with Crippen molar-refractivity contribution >= 4 is 17.5 Å². The molecule has 1 aromatic heterocycles. The van der Waals surface area contributed by atoms with E-state index in [9.17, 15) is 4.79 Å². The van der Waals surface area contributed by atoms with Crippen LogP contribution in [-0.4, -0.2) is 34.5 Å². The number of nitrogens with zero attached hydrogens (tertiary/aromatic N) is 2. The topological polar surface area (TPSA) is 51.3 Å². The van der Waals surface area contributed by atoms with Crippen molar-refractivity contribution in [3.63, 3.8) is 0 Å². The van der Waals surface area contributed by atoms with E-state index in [1.165, 1.54) is 0 Å². The van der Waals surface area contributed by atoms with Crippen LogP contribution in [0.25, 0.3) is 0 Å². The third-order valence-corrected chi connectivity index (χ3v) is 3.27. The molecule has 1 amide bonds. The summed E-state index contributed by atoms with van der Waals surface area (Å²) < 4.78 is 1.93. The van der Waals surface area contributed by atoms with E-state index in [0.29, 0.717) is 17.3 Å². The number of nitrogens with two attached hydrogens (primary N) is 1. The van der Waals surface area contributed by atoms with Crippen molar-refractivity contribution in [2.75, 3.05) is 13.1 Å². The number of aryl methyl sites for hydroxylation is 1. The average molecular weight is 256 g/mol. The summed E-state index contributed by atoms with van der Waals surface area (Å²) in [5, 5.41) is 0.616. The van der Waals surface area contributed by atoms with Crippen molar-refractivity contribution in [2.45, 2.75) is 32.4 Å². The predicted octanol–water partition coefficient (Wildman–Crippen LogP) is 1.72. The monoisotopic (exact) mass is 255 g/mol. The van der Waals surface area contributed by atoms with Gasteiger partial charge in [-0.3, -0.25) is 4.79 Å². The summed E-state index contributed by atoms with van der Waals surface area (Å²) in [5.74, 6) is 0.0401. The van der Waals surface area contributed by atoms with Crippen LogP contribution >= 0.6 is 11.6 Å². The molecule has 0 bridgehead atoms. The van der Waals surface area contributed by atoms with Gasteiger partial charge in [0, 0.05) is 31.9 Å². The van der Waals surface area contributed by atoms with Crippen LogP contribution in [0.5, 0.6) is 0 Å². The van der Waals surface area contributed by atoms with Crippen molar-refractivity contribution in [3.05, 3.63) is 23.0 Å². The molecule has 0 radical (unpaired) electrons. The molecule has 1 aliphatic heterocycles. The second kappa shape index (κ2) is 5.10. The third kappa shape index (κ3) is 2.64. The number of rotatable bonds is 3. The minimum atomic E-state index is 0.0401. The quantitative estimate of drug-likeness (QED) is 0.894.